The van der Waals surface area contributed by atoms with Crippen LogP contribution in [0.5, 0.6) is 5.75 Å². The first-order valence-electron chi connectivity index (χ1n) is 10.3. The number of nitrogens with one attached hydrogen (secondary N) is 1. The van der Waals surface area contributed by atoms with Gasteiger partial charge in [0.05, 0.1) is 13.5 Å². The summed E-state index contributed by atoms with van der Waals surface area (Å²) in [4.78, 5) is 15.1. The minimum absolute atomic E-state index is 0.120. The van der Waals surface area contributed by atoms with Gasteiger partial charge in [-0.3, -0.25) is 4.79 Å². The van der Waals surface area contributed by atoms with Crippen LogP contribution in [0.15, 0.2) is 54.6 Å². The molecule has 2 bridgehead atoms. The minimum atomic E-state index is 0.120. The average Bonchev–Trinajstić information content (AvgIpc) is 2.72. The van der Waals surface area contributed by atoms with Crippen molar-refractivity contribution in [3.63, 3.8) is 0 Å². The molecule has 148 valence electrons. The molecular weight excluding hydrogens is 348 g/mol. The predicted octanol–water partition coefficient (Wildman–Crippen LogP) is 3.55. The van der Waals surface area contributed by atoms with E-state index >= 15 is 0 Å². The van der Waals surface area contributed by atoms with E-state index < -0.39 is 0 Å². The molecule has 1 N–H and O–H groups in total. The molecule has 2 aromatic rings. The lowest BCUT2D eigenvalue weighted by Crippen LogP contribution is -2.57. The van der Waals surface area contributed by atoms with Crippen molar-refractivity contribution in [2.75, 3.05) is 20.7 Å². The third kappa shape index (κ3) is 3.93. The first-order chi connectivity index (χ1) is 13.6. The van der Waals surface area contributed by atoms with E-state index in [0.29, 0.717) is 12.5 Å². The maximum Gasteiger partial charge on any atom is 0.224 e. The van der Waals surface area contributed by atoms with Crippen LogP contribution in [0.1, 0.15) is 36.8 Å². The zero-order chi connectivity index (χ0) is 19.6. The molecule has 0 aromatic heterocycles. The summed E-state index contributed by atoms with van der Waals surface area (Å²) >= 11 is 0. The fourth-order valence-electron chi connectivity index (χ4n) is 5.12. The van der Waals surface area contributed by atoms with Crippen molar-refractivity contribution < 1.29 is 9.53 Å². The van der Waals surface area contributed by atoms with Gasteiger partial charge in [0.2, 0.25) is 5.91 Å². The zero-order valence-electron chi connectivity index (χ0n) is 16.9. The number of hydrogen-bond acceptors (Lipinski definition) is 3. The molecule has 2 aliphatic rings. The van der Waals surface area contributed by atoms with Crippen LogP contribution < -0.4 is 10.1 Å². The van der Waals surface area contributed by atoms with Gasteiger partial charge in [-0.1, -0.05) is 42.5 Å². The highest BCUT2D eigenvalue weighted by Crippen LogP contribution is 2.47. The maximum atomic E-state index is 12.7. The van der Waals surface area contributed by atoms with Crippen molar-refractivity contribution in [1.82, 2.24) is 10.2 Å². The predicted molar refractivity (Wildman–Crippen MR) is 112 cm³/mol. The first-order valence-corrected chi connectivity index (χ1v) is 10.3. The van der Waals surface area contributed by atoms with Crippen LogP contribution in [0, 0.1) is 0 Å². The van der Waals surface area contributed by atoms with Crippen LogP contribution in [-0.4, -0.2) is 43.6 Å². The number of benzene rings is 2. The van der Waals surface area contributed by atoms with Crippen molar-refractivity contribution in [2.24, 2.45) is 0 Å². The third-order valence-corrected chi connectivity index (χ3v) is 6.64. The van der Waals surface area contributed by atoms with E-state index in [4.69, 9.17) is 4.74 Å². The van der Waals surface area contributed by atoms with E-state index in [1.165, 1.54) is 5.56 Å². The Morgan fingerprint density at radius 2 is 2.00 bits per heavy atom. The minimum Gasteiger partial charge on any atom is -0.497 e. The molecule has 1 saturated heterocycles. The summed E-state index contributed by atoms with van der Waals surface area (Å²) in [6.45, 7) is 1.10. The van der Waals surface area contributed by atoms with Gasteiger partial charge in [0, 0.05) is 17.5 Å². The molecule has 2 fully saturated rings. The Balaban J connectivity index is 1.52. The molecule has 1 saturated carbocycles. The molecule has 1 aliphatic carbocycles. The number of fused-ring (bicyclic) bond motifs is 2. The average molecular weight is 379 g/mol. The van der Waals surface area contributed by atoms with Gasteiger partial charge in [0.1, 0.15) is 5.75 Å². The Bertz CT molecular complexity index is 822. The summed E-state index contributed by atoms with van der Waals surface area (Å²) in [7, 11) is 3.94. The summed E-state index contributed by atoms with van der Waals surface area (Å²) in [6, 6.07) is 19.2. The third-order valence-electron chi connectivity index (χ3n) is 6.64. The van der Waals surface area contributed by atoms with E-state index in [1.54, 1.807) is 7.11 Å². The SMILES string of the molecule is COc1cccc([C@]23CCN(C)[C@H](C[C@@H](NC(=O)Cc4ccccc4)C2)C3)c1. The molecule has 4 heteroatoms. The zero-order valence-corrected chi connectivity index (χ0v) is 16.9. The van der Waals surface area contributed by atoms with Gasteiger partial charge in [-0.25, -0.2) is 0 Å². The number of amides is 1. The maximum absolute atomic E-state index is 12.7. The van der Waals surface area contributed by atoms with Crippen LogP contribution in [0.2, 0.25) is 0 Å². The molecule has 1 heterocycles. The number of carbonyl (C=O) groups excluding carboxylic acids is 1. The standard InChI is InChI=1S/C24H30N2O2/c1-26-12-11-24(19-9-6-10-22(14-19)28-2)16-20(15-21(26)17-24)25-23(27)13-18-7-4-3-5-8-18/h3-10,14,20-21H,11-13,15-17H2,1-2H3,(H,25,27)/t20-,21-,24-/m1/s1. The molecule has 2 aromatic carbocycles. The molecule has 4 nitrogen and oxygen atoms in total. The number of nitrogens with zero attached hydrogens (tertiary/aromatic N) is 1. The lowest BCUT2D eigenvalue weighted by Gasteiger charge is -2.52. The monoisotopic (exact) mass is 378 g/mol. The Morgan fingerprint density at radius 1 is 1.18 bits per heavy atom. The highest BCUT2D eigenvalue weighted by atomic mass is 16.5. The number of hydrogen-bond donors (Lipinski definition) is 1. The van der Waals surface area contributed by atoms with Crippen molar-refractivity contribution in [1.29, 1.82) is 0 Å². The number of likely N-dealkylation sites (tertiary alicyclic amines) is 1. The van der Waals surface area contributed by atoms with Crippen LogP contribution in [0.25, 0.3) is 0 Å². The molecule has 28 heavy (non-hydrogen) atoms. The summed E-state index contributed by atoms with van der Waals surface area (Å²) < 4.78 is 5.48. The van der Waals surface area contributed by atoms with Crippen molar-refractivity contribution in [2.45, 2.75) is 49.6 Å². The summed E-state index contributed by atoms with van der Waals surface area (Å²) in [6.07, 6.45) is 4.76. The Hall–Kier alpha value is -2.33. The molecule has 1 amide bonds. The number of methoxy groups -OCH3 is 1. The molecule has 1 aliphatic heterocycles. The van der Waals surface area contributed by atoms with E-state index in [0.717, 1.165) is 43.5 Å². The van der Waals surface area contributed by atoms with Gasteiger partial charge < -0.3 is 15.0 Å². The highest BCUT2D eigenvalue weighted by molar-refractivity contribution is 5.78. The molecule has 0 radical (unpaired) electrons. The van der Waals surface area contributed by atoms with Crippen LogP contribution in [0.4, 0.5) is 0 Å². The highest BCUT2D eigenvalue weighted by Gasteiger charge is 2.46. The second kappa shape index (κ2) is 7.96. The number of rotatable bonds is 5. The second-order valence-electron chi connectivity index (χ2n) is 8.47. The van der Waals surface area contributed by atoms with Crippen LogP contribution >= 0.6 is 0 Å². The number of piperidine rings is 1. The van der Waals surface area contributed by atoms with Gasteiger partial charge in [0.25, 0.3) is 0 Å². The van der Waals surface area contributed by atoms with Gasteiger partial charge in [0.15, 0.2) is 0 Å². The van der Waals surface area contributed by atoms with Gasteiger partial charge in [-0.15, -0.1) is 0 Å². The lowest BCUT2D eigenvalue weighted by molar-refractivity contribution is -0.121. The Labute approximate surface area is 167 Å². The fraction of sp³-hybridized carbons (Fsp3) is 0.458. The Morgan fingerprint density at radius 3 is 2.79 bits per heavy atom. The summed E-state index contributed by atoms with van der Waals surface area (Å²) in [5, 5.41) is 3.34. The van der Waals surface area contributed by atoms with E-state index in [9.17, 15) is 4.79 Å². The quantitative estimate of drug-likeness (QED) is 0.865. The van der Waals surface area contributed by atoms with Gasteiger partial charge in [-0.2, -0.15) is 0 Å². The fourth-order valence-corrected chi connectivity index (χ4v) is 5.12. The topological polar surface area (TPSA) is 41.6 Å². The molecule has 3 atom stereocenters. The Kier molecular flexibility index (Phi) is 5.40. The normalized spacial score (nSPS) is 27.2. The van der Waals surface area contributed by atoms with Crippen molar-refractivity contribution >= 4 is 5.91 Å². The summed E-state index contributed by atoms with van der Waals surface area (Å²) in [5.41, 5.74) is 2.54. The number of ether oxygens (including phenoxy) is 1. The lowest BCUT2D eigenvalue weighted by atomic mass is 9.62. The molecular formula is C24H30N2O2. The van der Waals surface area contributed by atoms with Gasteiger partial charge >= 0.3 is 0 Å². The second-order valence-corrected chi connectivity index (χ2v) is 8.47. The smallest absolute Gasteiger partial charge is 0.224 e. The van der Waals surface area contributed by atoms with E-state index in [1.807, 2.05) is 36.4 Å². The summed E-state index contributed by atoms with van der Waals surface area (Å²) in [5.74, 6) is 1.04. The van der Waals surface area contributed by atoms with Crippen LogP contribution in [-0.2, 0) is 16.6 Å². The van der Waals surface area contributed by atoms with Crippen molar-refractivity contribution in [3.8, 4) is 5.75 Å². The van der Waals surface area contributed by atoms with E-state index in [2.05, 4.69) is 35.5 Å². The number of carbonyl (C=O) groups is 1. The van der Waals surface area contributed by atoms with Crippen LogP contribution in [0.3, 0.4) is 0 Å². The van der Waals surface area contributed by atoms with Crippen molar-refractivity contribution in [3.05, 3.63) is 65.7 Å². The molecule has 0 spiro atoms. The molecule has 0 unspecified atom stereocenters. The van der Waals surface area contributed by atoms with E-state index in [-0.39, 0.29) is 17.4 Å². The largest absolute Gasteiger partial charge is 0.497 e. The molecule has 4 rings (SSSR count). The van der Waals surface area contributed by atoms with Gasteiger partial charge in [-0.05, 0) is 62.5 Å². The first kappa shape index (κ1) is 19.0.